The highest BCUT2D eigenvalue weighted by molar-refractivity contribution is 8.00. The van der Waals surface area contributed by atoms with Crippen molar-refractivity contribution in [1.82, 2.24) is 19.8 Å². The van der Waals surface area contributed by atoms with Gasteiger partial charge >= 0.3 is 6.18 Å². The molecule has 25 heavy (non-hydrogen) atoms. The molecule has 1 aromatic carbocycles. The molecule has 10 heteroatoms. The number of carbonyl (C=O) groups is 1. The van der Waals surface area contributed by atoms with E-state index in [9.17, 15) is 18.0 Å². The third-order valence-electron chi connectivity index (χ3n) is 3.89. The van der Waals surface area contributed by atoms with Gasteiger partial charge in [0, 0.05) is 13.1 Å². The minimum absolute atomic E-state index is 0.159. The minimum atomic E-state index is -4.71. The summed E-state index contributed by atoms with van der Waals surface area (Å²) < 4.78 is 38.9. The Hall–Kier alpha value is -2.23. The second-order valence-corrected chi connectivity index (χ2v) is 6.69. The number of nitrogens with zero attached hydrogens (tertiary/aromatic N) is 4. The van der Waals surface area contributed by atoms with Gasteiger partial charge < -0.3 is 10.7 Å². The molecule has 1 aliphatic rings. The van der Waals surface area contributed by atoms with E-state index < -0.39 is 17.3 Å². The minimum Gasteiger partial charge on any atom is -0.341 e. The third-order valence-corrected chi connectivity index (χ3v) is 5.08. The molecular weight excluding hydrogens is 355 g/mol. The first-order chi connectivity index (χ1) is 11.9. The van der Waals surface area contributed by atoms with Crippen LogP contribution in [0.2, 0.25) is 0 Å². The maximum Gasteiger partial charge on any atom is 0.453 e. The van der Waals surface area contributed by atoms with E-state index in [2.05, 4.69) is 10.2 Å². The molecular formula is C15H16F3N5OS. The number of nitrogen functional groups attached to an aromatic ring is 1. The van der Waals surface area contributed by atoms with Crippen LogP contribution >= 0.6 is 11.8 Å². The summed E-state index contributed by atoms with van der Waals surface area (Å²) in [5.74, 6) is 4.04. The predicted molar refractivity (Wildman–Crippen MR) is 86.0 cm³/mol. The van der Waals surface area contributed by atoms with Crippen molar-refractivity contribution in [3.05, 3.63) is 41.7 Å². The van der Waals surface area contributed by atoms with Crippen LogP contribution in [0.4, 0.5) is 13.2 Å². The van der Waals surface area contributed by atoms with Gasteiger partial charge in [-0.3, -0.25) is 4.79 Å². The second-order valence-electron chi connectivity index (χ2n) is 5.61. The number of nitrogens with two attached hydrogens (primary N) is 1. The van der Waals surface area contributed by atoms with E-state index in [0.717, 1.165) is 24.6 Å². The molecule has 0 radical (unpaired) electrons. The van der Waals surface area contributed by atoms with Crippen LogP contribution in [0.25, 0.3) is 0 Å². The Labute approximate surface area is 146 Å². The normalized spacial score (nSPS) is 16.2. The van der Waals surface area contributed by atoms with Crippen LogP contribution in [-0.2, 0) is 11.0 Å². The average molecular weight is 371 g/mol. The molecule has 1 atom stereocenters. The zero-order valence-corrected chi connectivity index (χ0v) is 13.9. The number of aromatic nitrogens is 3. The number of amides is 1. The first-order valence-electron chi connectivity index (χ1n) is 7.66. The first kappa shape index (κ1) is 17.6. The fourth-order valence-electron chi connectivity index (χ4n) is 2.65. The second kappa shape index (κ2) is 6.95. The number of benzene rings is 1. The Kier molecular flexibility index (Phi) is 4.89. The van der Waals surface area contributed by atoms with Crippen molar-refractivity contribution in [3.63, 3.8) is 0 Å². The molecule has 0 bridgehead atoms. The largest absolute Gasteiger partial charge is 0.453 e. The lowest BCUT2D eigenvalue weighted by molar-refractivity contribution is -0.146. The summed E-state index contributed by atoms with van der Waals surface area (Å²) in [5, 5.41) is 5.74. The number of hydrogen-bond donors (Lipinski definition) is 1. The Morgan fingerprint density at radius 2 is 1.80 bits per heavy atom. The predicted octanol–water partition coefficient (Wildman–Crippen LogP) is 2.47. The molecule has 6 nitrogen and oxygen atoms in total. The Morgan fingerprint density at radius 3 is 2.36 bits per heavy atom. The maximum atomic E-state index is 12.8. The van der Waals surface area contributed by atoms with Crippen molar-refractivity contribution in [3.8, 4) is 0 Å². The van der Waals surface area contributed by atoms with Crippen LogP contribution in [0.3, 0.4) is 0 Å². The third kappa shape index (κ3) is 3.73. The summed E-state index contributed by atoms with van der Waals surface area (Å²) in [5.41, 5.74) is 0.681. The van der Waals surface area contributed by atoms with Crippen LogP contribution < -0.4 is 5.84 Å². The number of hydrogen-bond acceptors (Lipinski definition) is 5. The standard InChI is InChI=1S/C15H16F3N5OS/c16-15(17,18)13-20-21-14(23(13)19)25-11(10-6-2-1-3-7-10)12(24)22-8-4-5-9-22/h1-3,6-7,11H,4-5,8-9,19H2/t11-/m1/s1. The molecule has 1 fully saturated rings. The number of likely N-dealkylation sites (tertiary alicyclic amines) is 1. The van der Waals surface area contributed by atoms with Gasteiger partial charge in [0.05, 0.1) is 0 Å². The number of carbonyl (C=O) groups excluding carboxylic acids is 1. The highest BCUT2D eigenvalue weighted by atomic mass is 32.2. The Morgan fingerprint density at radius 1 is 1.16 bits per heavy atom. The molecule has 2 aromatic rings. The summed E-state index contributed by atoms with van der Waals surface area (Å²) in [6.07, 6.45) is -2.87. The Bertz CT molecular complexity index is 743. The van der Waals surface area contributed by atoms with Crippen LogP contribution in [0.1, 0.15) is 29.5 Å². The molecule has 0 saturated carbocycles. The molecule has 0 aliphatic carbocycles. The van der Waals surface area contributed by atoms with Crippen LogP contribution in [0.5, 0.6) is 0 Å². The molecule has 1 aromatic heterocycles. The lowest BCUT2D eigenvalue weighted by Crippen LogP contribution is -2.32. The van der Waals surface area contributed by atoms with E-state index in [1.54, 1.807) is 35.2 Å². The Balaban J connectivity index is 1.90. The number of rotatable bonds is 4. The van der Waals surface area contributed by atoms with Crippen LogP contribution in [0, 0.1) is 0 Å². The highest BCUT2D eigenvalue weighted by Crippen LogP contribution is 2.37. The lowest BCUT2D eigenvalue weighted by Gasteiger charge is -2.22. The fourth-order valence-corrected chi connectivity index (χ4v) is 3.69. The SMILES string of the molecule is Nn1c(S[C@@H](C(=O)N2CCCC2)c2ccccc2)nnc1C(F)(F)F. The van der Waals surface area contributed by atoms with Crippen molar-refractivity contribution in [2.75, 3.05) is 18.9 Å². The molecule has 0 unspecified atom stereocenters. The maximum absolute atomic E-state index is 12.8. The fraction of sp³-hybridized carbons (Fsp3) is 0.400. The van der Waals surface area contributed by atoms with E-state index in [4.69, 9.17) is 5.84 Å². The molecule has 1 saturated heterocycles. The van der Waals surface area contributed by atoms with Gasteiger partial charge in [-0.25, -0.2) is 4.68 Å². The van der Waals surface area contributed by atoms with E-state index in [1.165, 1.54) is 0 Å². The monoisotopic (exact) mass is 371 g/mol. The number of halogens is 3. The number of alkyl halides is 3. The molecule has 1 amide bonds. The van der Waals surface area contributed by atoms with Gasteiger partial charge in [0.2, 0.25) is 11.1 Å². The summed E-state index contributed by atoms with van der Waals surface area (Å²) in [6.45, 7) is 1.29. The van der Waals surface area contributed by atoms with Crippen molar-refractivity contribution < 1.29 is 18.0 Å². The molecule has 134 valence electrons. The summed E-state index contributed by atoms with van der Waals surface area (Å²) in [7, 11) is 0. The first-order valence-corrected chi connectivity index (χ1v) is 8.54. The number of thioether (sulfide) groups is 1. The van der Waals surface area contributed by atoms with Gasteiger partial charge in [0.25, 0.3) is 5.82 Å². The van der Waals surface area contributed by atoms with Crippen molar-refractivity contribution in [2.24, 2.45) is 0 Å². The van der Waals surface area contributed by atoms with Gasteiger partial charge in [-0.15, -0.1) is 10.2 Å². The van der Waals surface area contributed by atoms with E-state index in [1.807, 2.05) is 0 Å². The summed E-state index contributed by atoms with van der Waals surface area (Å²) in [6, 6.07) is 8.86. The van der Waals surface area contributed by atoms with Gasteiger partial charge in [0.1, 0.15) is 5.25 Å². The van der Waals surface area contributed by atoms with Crippen molar-refractivity contribution >= 4 is 17.7 Å². The van der Waals surface area contributed by atoms with E-state index in [0.29, 0.717) is 23.3 Å². The van der Waals surface area contributed by atoms with Crippen LogP contribution in [-0.4, -0.2) is 38.8 Å². The van der Waals surface area contributed by atoms with Crippen LogP contribution in [0.15, 0.2) is 35.5 Å². The molecule has 3 rings (SSSR count). The zero-order valence-electron chi connectivity index (χ0n) is 13.1. The van der Waals surface area contributed by atoms with Gasteiger partial charge in [-0.2, -0.15) is 13.2 Å². The van der Waals surface area contributed by atoms with E-state index in [-0.39, 0.29) is 11.1 Å². The topological polar surface area (TPSA) is 77.0 Å². The molecule has 0 spiro atoms. The molecule has 2 N–H and O–H groups in total. The van der Waals surface area contributed by atoms with E-state index >= 15 is 0 Å². The highest BCUT2D eigenvalue weighted by Gasteiger charge is 2.39. The lowest BCUT2D eigenvalue weighted by atomic mass is 10.1. The zero-order chi connectivity index (χ0) is 18.0. The van der Waals surface area contributed by atoms with Crippen molar-refractivity contribution in [2.45, 2.75) is 29.4 Å². The van der Waals surface area contributed by atoms with Gasteiger partial charge in [0.15, 0.2) is 0 Å². The quantitative estimate of drug-likeness (QED) is 0.660. The van der Waals surface area contributed by atoms with Gasteiger partial charge in [-0.1, -0.05) is 42.1 Å². The van der Waals surface area contributed by atoms with Crippen molar-refractivity contribution in [1.29, 1.82) is 0 Å². The summed E-state index contributed by atoms with van der Waals surface area (Å²) >= 11 is 0.873. The molecule has 1 aliphatic heterocycles. The average Bonchev–Trinajstić information content (AvgIpc) is 3.22. The summed E-state index contributed by atoms with van der Waals surface area (Å²) in [4.78, 5) is 14.6. The molecule has 2 heterocycles. The smallest absolute Gasteiger partial charge is 0.341 e. The van der Waals surface area contributed by atoms with Gasteiger partial charge in [-0.05, 0) is 18.4 Å².